The lowest BCUT2D eigenvalue weighted by atomic mass is 9.54. The quantitative estimate of drug-likeness (QED) is 0.450. The van der Waals surface area contributed by atoms with Crippen LogP contribution in [0.5, 0.6) is 17.6 Å². The van der Waals surface area contributed by atoms with Gasteiger partial charge in [0.15, 0.2) is 11.9 Å². The average molecular weight is 557 g/mol. The number of hydrogen-bond donors (Lipinski definition) is 2. The summed E-state index contributed by atoms with van der Waals surface area (Å²) in [6.07, 6.45) is 2.92. The van der Waals surface area contributed by atoms with Crippen molar-refractivity contribution in [2.45, 2.75) is 48.8 Å². The molecule has 10 heteroatoms. The molecule has 2 N–H and O–H groups in total. The van der Waals surface area contributed by atoms with Crippen molar-refractivity contribution in [1.29, 1.82) is 0 Å². The molecule has 1 saturated carbocycles. The number of aliphatic hydroxyl groups is 1. The van der Waals surface area contributed by atoms with Gasteiger partial charge in [0.2, 0.25) is 5.88 Å². The van der Waals surface area contributed by atoms with Crippen LogP contribution in [0, 0.1) is 0 Å². The SMILES string of the molecule is COc1ncc(-c2ccc(CCNC(=O)c3ccc4c5c3O[C@H]3C(=O)CC[C@@]6(O)[C@@H](C4)N(C)CC536)cc2)c(OC)n1. The highest BCUT2D eigenvalue weighted by atomic mass is 16.5. The maximum atomic E-state index is 13.4. The van der Waals surface area contributed by atoms with E-state index in [0.29, 0.717) is 49.5 Å². The van der Waals surface area contributed by atoms with Gasteiger partial charge in [-0.15, -0.1) is 0 Å². The number of amides is 1. The van der Waals surface area contributed by atoms with E-state index in [0.717, 1.165) is 27.8 Å². The second-order valence-electron chi connectivity index (χ2n) is 11.5. The Kier molecular flexibility index (Phi) is 5.85. The van der Waals surface area contributed by atoms with E-state index in [-0.39, 0.29) is 30.2 Å². The predicted octanol–water partition coefficient (Wildman–Crippen LogP) is 2.10. The van der Waals surface area contributed by atoms with E-state index in [9.17, 15) is 14.7 Å². The average Bonchev–Trinajstić information content (AvgIpc) is 3.39. The van der Waals surface area contributed by atoms with Crippen LogP contribution in [0.15, 0.2) is 42.6 Å². The van der Waals surface area contributed by atoms with Gasteiger partial charge in [0.05, 0.1) is 36.4 Å². The summed E-state index contributed by atoms with van der Waals surface area (Å²) in [5, 5.41) is 15.0. The molecule has 0 radical (unpaired) electrons. The van der Waals surface area contributed by atoms with E-state index in [1.54, 1.807) is 19.4 Å². The third kappa shape index (κ3) is 3.56. The number of likely N-dealkylation sites (N-methyl/N-ethyl adjacent to an activating group) is 1. The van der Waals surface area contributed by atoms with Crippen molar-refractivity contribution in [1.82, 2.24) is 20.2 Å². The number of Topliss-reactive ketones (excluding diaryl/α,β-unsaturated/α-hetero) is 1. The fourth-order valence-corrected chi connectivity index (χ4v) is 7.62. The second kappa shape index (κ2) is 9.25. The number of ether oxygens (including phenoxy) is 3. The minimum atomic E-state index is -1.04. The van der Waals surface area contributed by atoms with Crippen LogP contribution in [0.25, 0.3) is 11.1 Å². The Labute approximate surface area is 237 Å². The Bertz CT molecular complexity index is 1580. The van der Waals surface area contributed by atoms with Crippen molar-refractivity contribution in [3.63, 3.8) is 0 Å². The maximum Gasteiger partial charge on any atom is 0.319 e. The zero-order valence-corrected chi connectivity index (χ0v) is 23.3. The summed E-state index contributed by atoms with van der Waals surface area (Å²) in [6, 6.07) is 11.9. The van der Waals surface area contributed by atoms with Crippen molar-refractivity contribution in [2.75, 3.05) is 34.4 Å². The van der Waals surface area contributed by atoms with Crippen LogP contribution in [0.1, 0.15) is 39.9 Å². The number of aromatic nitrogens is 2. The fraction of sp³-hybridized carbons (Fsp3) is 0.419. The van der Waals surface area contributed by atoms with E-state index in [1.165, 1.54) is 7.11 Å². The molecule has 1 unspecified atom stereocenters. The molecule has 1 aromatic heterocycles. The molecular weight excluding hydrogens is 524 g/mol. The Morgan fingerprint density at radius 1 is 1.20 bits per heavy atom. The normalized spacial score (nSPS) is 27.3. The highest BCUT2D eigenvalue weighted by molar-refractivity contribution is 5.99. The van der Waals surface area contributed by atoms with Crippen LogP contribution in [0.2, 0.25) is 0 Å². The summed E-state index contributed by atoms with van der Waals surface area (Å²) in [5.74, 6) is 0.643. The van der Waals surface area contributed by atoms with Gasteiger partial charge in [-0.2, -0.15) is 4.98 Å². The first-order chi connectivity index (χ1) is 19.8. The van der Waals surface area contributed by atoms with Crippen LogP contribution in [-0.2, 0) is 23.1 Å². The van der Waals surface area contributed by atoms with E-state index in [2.05, 4.69) is 20.2 Å². The zero-order chi connectivity index (χ0) is 28.5. The highest BCUT2D eigenvalue weighted by Gasteiger charge is 2.75. The Morgan fingerprint density at radius 2 is 2.00 bits per heavy atom. The van der Waals surface area contributed by atoms with E-state index in [4.69, 9.17) is 14.2 Å². The van der Waals surface area contributed by atoms with Crippen molar-refractivity contribution in [3.8, 4) is 28.8 Å². The molecule has 2 bridgehead atoms. The first-order valence-electron chi connectivity index (χ1n) is 13.9. The van der Waals surface area contributed by atoms with Crippen molar-refractivity contribution < 1.29 is 28.9 Å². The number of ketones is 1. The molecule has 1 spiro atoms. The van der Waals surface area contributed by atoms with Crippen molar-refractivity contribution in [3.05, 3.63) is 64.8 Å². The van der Waals surface area contributed by atoms with Gasteiger partial charge in [-0.05, 0) is 49.1 Å². The van der Waals surface area contributed by atoms with Crippen LogP contribution < -0.4 is 19.5 Å². The number of benzene rings is 2. The Morgan fingerprint density at radius 3 is 2.76 bits per heavy atom. The molecule has 7 rings (SSSR count). The van der Waals surface area contributed by atoms with Crippen LogP contribution in [0.3, 0.4) is 0 Å². The van der Waals surface area contributed by atoms with Gasteiger partial charge in [-0.25, -0.2) is 4.98 Å². The predicted molar refractivity (Wildman–Crippen MR) is 148 cm³/mol. The summed E-state index contributed by atoms with van der Waals surface area (Å²) in [4.78, 5) is 37.1. The summed E-state index contributed by atoms with van der Waals surface area (Å²) in [6.45, 7) is 0.964. The van der Waals surface area contributed by atoms with Crippen molar-refractivity contribution >= 4 is 11.7 Å². The number of likely N-dealkylation sites (tertiary alicyclic amines) is 1. The van der Waals surface area contributed by atoms with Gasteiger partial charge < -0.3 is 24.6 Å². The number of carbonyl (C=O) groups is 2. The Balaban J connectivity index is 1.09. The first-order valence-corrected chi connectivity index (χ1v) is 13.9. The molecule has 2 aliphatic heterocycles. The van der Waals surface area contributed by atoms with Gasteiger partial charge in [0.1, 0.15) is 5.75 Å². The molecule has 2 aromatic carbocycles. The molecule has 212 valence electrons. The molecule has 2 fully saturated rings. The fourth-order valence-electron chi connectivity index (χ4n) is 7.62. The van der Waals surface area contributed by atoms with Gasteiger partial charge in [-0.3, -0.25) is 14.5 Å². The van der Waals surface area contributed by atoms with Crippen LogP contribution in [-0.4, -0.2) is 83.8 Å². The number of nitrogens with zero attached hydrogens (tertiary/aromatic N) is 3. The monoisotopic (exact) mass is 556 g/mol. The summed E-state index contributed by atoms with van der Waals surface area (Å²) in [5.41, 5.74) is 3.19. The number of methoxy groups -OCH3 is 2. The van der Waals surface area contributed by atoms with E-state index >= 15 is 0 Å². The Hall–Kier alpha value is -4.02. The summed E-state index contributed by atoms with van der Waals surface area (Å²) >= 11 is 0. The van der Waals surface area contributed by atoms with E-state index in [1.807, 2.05) is 37.4 Å². The number of rotatable bonds is 7. The first kappa shape index (κ1) is 25.9. The molecule has 41 heavy (non-hydrogen) atoms. The standard InChI is InChI=1S/C31H32N4O6/c1-35-16-30-24-19-8-9-20(25(24)41-26(30)22(36)10-12-31(30,38)23(35)14-19)27(37)32-13-11-17-4-6-18(7-5-17)21-15-33-29(40-3)34-28(21)39-2/h4-9,15,23,26,38H,10-14,16H2,1-3H3,(H,32,37)/t23-,26+,30?,31-/m1/s1. The molecular formula is C31H32N4O6. The second-order valence-corrected chi connectivity index (χ2v) is 11.5. The smallest absolute Gasteiger partial charge is 0.319 e. The topological polar surface area (TPSA) is 123 Å². The largest absolute Gasteiger partial charge is 0.480 e. The molecule has 10 nitrogen and oxygen atoms in total. The minimum Gasteiger partial charge on any atom is -0.480 e. The highest BCUT2D eigenvalue weighted by Crippen LogP contribution is 2.63. The van der Waals surface area contributed by atoms with E-state index < -0.39 is 17.1 Å². The lowest BCUT2D eigenvalue weighted by Gasteiger charge is -2.50. The molecule has 4 aliphatic rings. The third-order valence-corrected chi connectivity index (χ3v) is 9.50. The van der Waals surface area contributed by atoms with Crippen LogP contribution in [0.4, 0.5) is 0 Å². The summed E-state index contributed by atoms with van der Waals surface area (Å²) < 4.78 is 16.8. The zero-order valence-electron chi connectivity index (χ0n) is 23.3. The number of nitrogens with one attached hydrogen (secondary N) is 1. The van der Waals surface area contributed by atoms with Gasteiger partial charge >= 0.3 is 6.01 Å². The molecule has 1 amide bonds. The lowest BCUT2D eigenvalue weighted by Crippen LogP contribution is -2.66. The maximum absolute atomic E-state index is 13.4. The molecule has 1 saturated heterocycles. The summed E-state index contributed by atoms with van der Waals surface area (Å²) in [7, 11) is 5.06. The minimum absolute atomic E-state index is 0.00130. The number of carbonyl (C=O) groups excluding carboxylic acids is 2. The van der Waals surface area contributed by atoms with Crippen molar-refractivity contribution in [2.24, 2.45) is 0 Å². The molecule has 3 heterocycles. The molecule has 4 atom stereocenters. The van der Waals surface area contributed by atoms with Gasteiger partial charge in [-0.1, -0.05) is 30.3 Å². The van der Waals surface area contributed by atoms with Gasteiger partial charge in [0, 0.05) is 37.3 Å². The molecule has 3 aromatic rings. The molecule has 2 aliphatic carbocycles. The van der Waals surface area contributed by atoms with Gasteiger partial charge in [0.25, 0.3) is 5.91 Å². The third-order valence-electron chi connectivity index (χ3n) is 9.50. The lowest BCUT2D eigenvalue weighted by molar-refractivity contribution is -0.147. The number of hydrogen-bond acceptors (Lipinski definition) is 9. The van der Waals surface area contributed by atoms with Crippen LogP contribution >= 0.6 is 0 Å².